The number of benzene rings is 2. The Hall–Kier alpha value is -2.25. The average Bonchev–Trinajstić information content (AvgIpc) is 2.90. The van der Waals surface area contributed by atoms with E-state index < -0.39 is 36.4 Å². The first-order chi connectivity index (χ1) is 18.2. The largest absolute Gasteiger partial charge is 0.394 e. The van der Waals surface area contributed by atoms with Crippen LogP contribution in [0, 0.1) is 0 Å². The Morgan fingerprint density at radius 2 is 1.79 bits per heavy atom. The quantitative estimate of drug-likeness (QED) is 0.200. The predicted molar refractivity (Wildman–Crippen MR) is 144 cm³/mol. The molecule has 0 aromatic heterocycles. The lowest BCUT2D eigenvalue weighted by Gasteiger charge is -2.42. The summed E-state index contributed by atoms with van der Waals surface area (Å²) in [5.41, 5.74) is 0.342. The first kappa shape index (κ1) is 28.8. The van der Waals surface area contributed by atoms with Crippen LogP contribution in [0.15, 0.2) is 30.3 Å². The Bertz CT molecular complexity index is 1180. The van der Waals surface area contributed by atoms with Gasteiger partial charge in [0.15, 0.2) is 0 Å². The normalized spacial score (nSPS) is 25.2. The maximum Gasteiger partial charge on any atom is 0.261 e. The maximum absolute atomic E-state index is 13.0. The fourth-order valence-corrected chi connectivity index (χ4v) is 6.23. The highest BCUT2D eigenvalue weighted by molar-refractivity contribution is 7.99. The minimum Gasteiger partial charge on any atom is -0.394 e. The first-order valence-corrected chi connectivity index (χ1v) is 14.0. The third-order valence-electron chi connectivity index (χ3n) is 6.70. The lowest BCUT2D eigenvalue weighted by atomic mass is 9.94. The van der Waals surface area contributed by atoms with E-state index in [4.69, 9.17) is 16.3 Å². The Morgan fingerprint density at radius 3 is 2.50 bits per heavy atom. The molecule has 2 aromatic carbocycles. The number of nitrogens with zero attached hydrogens (tertiary/aromatic N) is 1. The lowest BCUT2D eigenvalue weighted by Crippen LogP contribution is -2.63. The van der Waals surface area contributed by atoms with Crippen molar-refractivity contribution in [2.75, 3.05) is 32.0 Å². The molecule has 12 heteroatoms. The van der Waals surface area contributed by atoms with E-state index in [0.717, 1.165) is 6.42 Å². The van der Waals surface area contributed by atoms with Crippen molar-refractivity contribution in [3.63, 3.8) is 0 Å². The smallest absolute Gasteiger partial charge is 0.261 e. The molecule has 0 aliphatic carbocycles. The third kappa shape index (κ3) is 5.99. The summed E-state index contributed by atoms with van der Waals surface area (Å²) in [5.74, 6) is -0.349. The number of hydrogen-bond donors (Lipinski definition) is 5. The van der Waals surface area contributed by atoms with Gasteiger partial charge in [-0.3, -0.25) is 19.3 Å². The van der Waals surface area contributed by atoms with Gasteiger partial charge in [-0.05, 0) is 49.9 Å². The highest BCUT2D eigenvalue weighted by atomic mass is 35.5. The highest BCUT2D eigenvalue weighted by Crippen LogP contribution is 2.34. The van der Waals surface area contributed by atoms with Crippen molar-refractivity contribution in [2.45, 2.75) is 49.6 Å². The van der Waals surface area contributed by atoms with E-state index >= 15 is 0 Å². The molecule has 5 atom stereocenters. The molecule has 2 aromatic rings. The van der Waals surface area contributed by atoms with E-state index in [1.54, 1.807) is 30.3 Å². The minimum absolute atomic E-state index is 0.287. The zero-order chi connectivity index (χ0) is 27.4. The van der Waals surface area contributed by atoms with Crippen molar-refractivity contribution in [3.05, 3.63) is 46.5 Å². The zero-order valence-corrected chi connectivity index (χ0v) is 22.5. The number of aliphatic hydroxyl groups is 3. The number of rotatable bonds is 11. The molecule has 1 saturated heterocycles. The number of aliphatic hydroxyl groups excluding tert-OH is 3. The van der Waals surface area contributed by atoms with Crippen molar-refractivity contribution in [1.82, 2.24) is 15.5 Å². The van der Waals surface area contributed by atoms with Gasteiger partial charge >= 0.3 is 0 Å². The molecule has 2 aliphatic heterocycles. The second kappa shape index (κ2) is 12.7. The van der Waals surface area contributed by atoms with Gasteiger partial charge in [0, 0.05) is 40.4 Å². The number of hydrogen-bond acceptors (Lipinski definition) is 9. The second-order valence-electron chi connectivity index (χ2n) is 9.35. The van der Waals surface area contributed by atoms with Crippen LogP contribution in [0.5, 0.6) is 0 Å². The number of carbonyl (C=O) groups is 3. The van der Waals surface area contributed by atoms with Gasteiger partial charge < -0.3 is 30.7 Å². The maximum atomic E-state index is 13.0. The van der Waals surface area contributed by atoms with E-state index in [-0.39, 0.29) is 24.3 Å². The number of imide groups is 1. The average molecular weight is 566 g/mol. The lowest BCUT2D eigenvalue weighted by molar-refractivity contribution is -0.173. The SMILES string of the molecule is CC(=O)N[C@@H]1[C@@H](O)[C@H](O)[C@@H](CO)O[C@H]1SCCCNCCCN1C(=O)c2cccc3c(Cl)ccc(c23)C1=O. The van der Waals surface area contributed by atoms with Crippen molar-refractivity contribution in [2.24, 2.45) is 0 Å². The van der Waals surface area contributed by atoms with Gasteiger partial charge in [-0.1, -0.05) is 23.7 Å². The van der Waals surface area contributed by atoms with Gasteiger partial charge in [-0.2, -0.15) is 0 Å². The number of nitrogens with one attached hydrogen (secondary N) is 2. The number of halogens is 1. The Labute approximate surface area is 229 Å². The molecule has 5 N–H and O–H groups in total. The Morgan fingerprint density at radius 1 is 1.08 bits per heavy atom. The molecule has 10 nitrogen and oxygen atoms in total. The number of amides is 3. The molecule has 2 aliphatic rings. The summed E-state index contributed by atoms with van der Waals surface area (Å²) < 4.78 is 5.71. The van der Waals surface area contributed by atoms with Gasteiger partial charge in [-0.15, -0.1) is 11.8 Å². The number of carbonyl (C=O) groups excluding carboxylic acids is 3. The number of thioether (sulfide) groups is 1. The molecule has 206 valence electrons. The van der Waals surface area contributed by atoms with Gasteiger partial charge in [-0.25, -0.2) is 0 Å². The summed E-state index contributed by atoms with van der Waals surface area (Å²) in [7, 11) is 0. The molecule has 4 rings (SSSR count). The van der Waals surface area contributed by atoms with Crippen LogP contribution in [0.4, 0.5) is 0 Å². The molecular weight excluding hydrogens is 534 g/mol. The second-order valence-corrected chi connectivity index (χ2v) is 11.0. The van der Waals surface area contributed by atoms with Crippen LogP contribution < -0.4 is 10.6 Å². The summed E-state index contributed by atoms with van der Waals surface area (Å²) in [6, 6.07) is 7.84. The van der Waals surface area contributed by atoms with E-state index in [0.29, 0.717) is 52.2 Å². The molecule has 3 amide bonds. The first-order valence-electron chi connectivity index (χ1n) is 12.5. The van der Waals surface area contributed by atoms with E-state index in [1.165, 1.54) is 23.6 Å². The molecular formula is C26H32ClN3O7S. The summed E-state index contributed by atoms with van der Waals surface area (Å²) in [6.45, 7) is 2.44. The van der Waals surface area contributed by atoms with E-state index in [2.05, 4.69) is 10.6 Å². The van der Waals surface area contributed by atoms with Gasteiger partial charge in [0.2, 0.25) is 5.91 Å². The van der Waals surface area contributed by atoms with E-state index in [9.17, 15) is 29.7 Å². The van der Waals surface area contributed by atoms with Crippen LogP contribution in [0.1, 0.15) is 40.5 Å². The van der Waals surface area contributed by atoms with Crippen molar-refractivity contribution in [3.8, 4) is 0 Å². The molecule has 1 fully saturated rings. The van der Waals surface area contributed by atoms with Crippen molar-refractivity contribution >= 4 is 51.9 Å². The fourth-order valence-electron chi connectivity index (χ4n) is 4.81. The summed E-state index contributed by atoms with van der Waals surface area (Å²) in [5, 5.41) is 37.6. The standard InChI is InChI=1S/C26H32ClN3O7S/c1-14(32)29-21-23(34)22(33)19(13-31)37-26(21)38-12-4-10-28-9-3-11-30-24(35)16-6-2-5-15-18(27)8-7-17(20(15)16)25(30)36/h2,5-8,19,21-23,26,28,31,33-34H,3-4,9-13H2,1H3,(H,29,32)/t19-,21-,22-,23-,26+/m1/s1. The molecule has 0 unspecified atom stereocenters. The van der Waals surface area contributed by atoms with Crippen LogP contribution in [-0.2, 0) is 9.53 Å². The van der Waals surface area contributed by atoms with Crippen LogP contribution in [0.2, 0.25) is 5.02 Å². The predicted octanol–water partition coefficient (Wildman–Crippen LogP) is 1.14. The fraction of sp³-hybridized carbons (Fsp3) is 0.500. The molecule has 0 bridgehead atoms. The summed E-state index contributed by atoms with van der Waals surface area (Å²) in [4.78, 5) is 38.8. The highest BCUT2D eigenvalue weighted by Gasteiger charge is 2.44. The van der Waals surface area contributed by atoms with E-state index in [1.807, 2.05) is 0 Å². The zero-order valence-electron chi connectivity index (χ0n) is 20.9. The molecule has 0 saturated carbocycles. The third-order valence-corrected chi connectivity index (χ3v) is 8.29. The molecule has 38 heavy (non-hydrogen) atoms. The van der Waals surface area contributed by atoms with Gasteiger partial charge in [0.1, 0.15) is 23.7 Å². The molecule has 2 heterocycles. The van der Waals surface area contributed by atoms with Crippen molar-refractivity contribution < 1.29 is 34.4 Å². The summed E-state index contributed by atoms with van der Waals surface area (Å²) >= 11 is 7.65. The van der Waals surface area contributed by atoms with Gasteiger partial charge in [0.05, 0.1) is 12.6 Å². The summed E-state index contributed by atoms with van der Waals surface area (Å²) in [6.07, 6.45) is -2.15. The van der Waals surface area contributed by atoms with Crippen LogP contribution in [-0.4, -0.2) is 99.7 Å². The van der Waals surface area contributed by atoms with Crippen molar-refractivity contribution in [1.29, 1.82) is 0 Å². The monoisotopic (exact) mass is 565 g/mol. The van der Waals surface area contributed by atoms with Crippen LogP contribution >= 0.6 is 23.4 Å². The topological polar surface area (TPSA) is 148 Å². The minimum atomic E-state index is -1.30. The number of ether oxygens (including phenoxy) is 1. The molecule has 0 radical (unpaired) electrons. The Balaban J connectivity index is 1.21. The Kier molecular flexibility index (Phi) is 9.64. The van der Waals surface area contributed by atoms with Crippen LogP contribution in [0.25, 0.3) is 10.8 Å². The molecule has 0 spiro atoms. The van der Waals surface area contributed by atoms with Crippen LogP contribution in [0.3, 0.4) is 0 Å². The van der Waals surface area contributed by atoms with Gasteiger partial charge in [0.25, 0.3) is 11.8 Å².